The molecule has 39 heavy (non-hydrogen) atoms. The molecule has 0 bridgehead atoms. The first-order valence-electron chi connectivity index (χ1n) is 14.1. The lowest BCUT2D eigenvalue weighted by molar-refractivity contribution is 0.169. The van der Waals surface area contributed by atoms with Crippen LogP contribution in [0.1, 0.15) is 60.5 Å². The summed E-state index contributed by atoms with van der Waals surface area (Å²) in [7, 11) is 0. The molecule has 2 nitrogen and oxygen atoms in total. The summed E-state index contributed by atoms with van der Waals surface area (Å²) in [6, 6.07) is 32.8. The smallest absolute Gasteiger partial charge is 0.0539 e. The maximum atomic E-state index is 3.64. The van der Waals surface area contributed by atoms with Crippen molar-refractivity contribution in [3.8, 4) is 0 Å². The van der Waals surface area contributed by atoms with E-state index in [2.05, 4.69) is 168 Å². The predicted molar refractivity (Wildman–Crippen MR) is 170 cm³/mol. The first-order chi connectivity index (χ1) is 18.4. The molecule has 0 heterocycles. The highest BCUT2D eigenvalue weighted by Gasteiger charge is 2.36. The molecule has 0 fully saturated rings. The monoisotopic (exact) mass is 514 g/mol. The van der Waals surface area contributed by atoms with E-state index in [-0.39, 0.29) is 16.2 Å². The highest BCUT2D eigenvalue weighted by atomic mass is 15.1. The van der Waals surface area contributed by atoms with Crippen molar-refractivity contribution in [3.63, 3.8) is 0 Å². The lowest BCUT2D eigenvalue weighted by Crippen LogP contribution is -2.32. The molecule has 0 amide bonds. The number of hydrogen-bond acceptors (Lipinski definition) is 2. The molecule has 1 aliphatic carbocycles. The zero-order chi connectivity index (χ0) is 27.8. The van der Waals surface area contributed by atoms with Gasteiger partial charge in [0.05, 0.1) is 5.69 Å². The Labute approximate surface area is 235 Å². The van der Waals surface area contributed by atoms with Crippen LogP contribution < -0.4 is 10.2 Å². The summed E-state index contributed by atoms with van der Waals surface area (Å²) in [5.41, 5.74) is 7.47. The number of nitrogens with zero attached hydrogens (tertiary/aromatic N) is 1. The average Bonchev–Trinajstić information content (AvgIpc) is 2.90. The minimum Gasteiger partial charge on any atom is -0.355 e. The van der Waals surface area contributed by atoms with Crippen molar-refractivity contribution in [1.82, 2.24) is 0 Å². The third-order valence-corrected chi connectivity index (χ3v) is 8.48. The van der Waals surface area contributed by atoms with E-state index in [9.17, 15) is 0 Å². The van der Waals surface area contributed by atoms with Crippen molar-refractivity contribution >= 4 is 33.5 Å². The fourth-order valence-corrected chi connectivity index (χ4v) is 5.22. The normalized spacial score (nSPS) is 17.7. The highest BCUT2D eigenvalue weighted by Crippen LogP contribution is 2.47. The molecular weight excluding hydrogens is 472 g/mol. The number of anilines is 4. The summed E-state index contributed by atoms with van der Waals surface area (Å²) in [6.45, 7) is 16.1. The summed E-state index contributed by atoms with van der Waals surface area (Å²) in [4.78, 5) is 2.41. The molecular formula is C37H42N2. The molecule has 1 unspecified atom stereocenters. The van der Waals surface area contributed by atoms with Crippen molar-refractivity contribution in [2.45, 2.75) is 60.3 Å². The second-order valence-electron chi connectivity index (χ2n) is 13.2. The zero-order valence-electron chi connectivity index (χ0n) is 24.5. The van der Waals surface area contributed by atoms with E-state index in [0.29, 0.717) is 0 Å². The fraction of sp³-hybridized carbons (Fsp3) is 0.297. The van der Waals surface area contributed by atoms with Crippen LogP contribution in [0.2, 0.25) is 0 Å². The molecule has 0 saturated heterocycles. The molecule has 0 spiro atoms. The third-order valence-electron chi connectivity index (χ3n) is 8.48. The summed E-state index contributed by atoms with van der Waals surface area (Å²) in [6.07, 6.45) is 8.15. The van der Waals surface area contributed by atoms with E-state index >= 15 is 0 Å². The van der Waals surface area contributed by atoms with E-state index in [4.69, 9.17) is 0 Å². The largest absolute Gasteiger partial charge is 0.355 e. The molecule has 200 valence electrons. The molecule has 0 radical (unpaired) electrons. The summed E-state index contributed by atoms with van der Waals surface area (Å²) < 4.78 is 0. The van der Waals surface area contributed by atoms with E-state index in [1.165, 1.54) is 27.7 Å². The van der Waals surface area contributed by atoms with Crippen molar-refractivity contribution < 1.29 is 0 Å². The topological polar surface area (TPSA) is 15.3 Å². The Kier molecular flexibility index (Phi) is 6.93. The maximum Gasteiger partial charge on any atom is 0.0539 e. The lowest BCUT2D eigenvalue weighted by atomic mass is 9.64. The van der Waals surface area contributed by atoms with E-state index in [0.717, 1.165) is 23.5 Å². The minimum atomic E-state index is 0.115. The minimum absolute atomic E-state index is 0.115. The van der Waals surface area contributed by atoms with Gasteiger partial charge < -0.3 is 10.2 Å². The third kappa shape index (κ3) is 5.52. The Morgan fingerprint density at radius 2 is 1.44 bits per heavy atom. The van der Waals surface area contributed by atoms with Crippen LogP contribution in [0.15, 0.2) is 115 Å². The highest BCUT2D eigenvalue weighted by molar-refractivity contribution is 5.97. The Bertz CT molecular complexity index is 1520. The van der Waals surface area contributed by atoms with Gasteiger partial charge in [-0.05, 0) is 76.1 Å². The van der Waals surface area contributed by atoms with E-state index in [1.807, 2.05) is 0 Å². The van der Waals surface area contributed by atoms with Crippen LogP contribution in [0.25, 0.3) is 10.8 Å². The van der Waals surface area contributed by atoms with Gasteiger partial charge in [-0.2, -0.15) is 0 Å². The molecule has 0 aliphatic heterocycles. The molecule has 4 aromatic carbocycles. The number of nitrogens with one attached hydrogen (secondary N) is 1. The average molecular weight is 515 g/mol. The van der Waals surface area contributed by atoms with Gasteiger partial charge in [0.2, 0.25) is 0 Å². The van der Waals surface area contributed by atoms with Gasteiger partial charge in [-0.25, -0.2) is 0 Å². The van der Waals surface area contributed by atoms with Gasteiger partial charge >= 0.3 is 0 Å². The maximum absolute atomic E-state index is 3.64. The Balaban J connectivity index is 1.55. The standard InChI is InChI=1S/C37H42N2/c1-35(2,3)28-18-20-29(21-19-28)38-30-14-11-15-32(26-30)39(31-22-24-37(7,25-23-31)36(4,5)6)34-17-10-13-27-12-8-9-16-33(27)34/h8-24,26,38H,25H2,1-7H3. The Hall–Kier alpha value is -3.78. The number of allylic oxidation sites excluding steroid dienone is 3. The molecule has 0 saturated carbocycles. The zero-order valence-corrected chi connectivity index (χ0v) is 24.5. The van der Waals surface area contributed by atoms with Crippen LogP contribution in [0.4, 0.5) is 22.7 Å². The molecule has 5 rings (SSSR count). The first kappa shape index (κ1) is 26.8. The molecule has 1 aliphatic rings. The Morgan fingerprint density at radius 1 is 0.744 bits per heavy atom. The number of benzene rings is 4. The van der Waals surface area contributed by atoms with Gasteiger partial charge in [-0.1, -0.05) is 115 Å². The quantitative estimate of drug-likeness (QED) is 0.285. The van der Waals surface area contributed by atoms with Crippen molar-refractivity contribution in [3.05, 3.63) is 120 Å². The van der Waals surface area contributed by atoms with E-state index in [1.54, 1.807) is 0 Å². The van der Waals surface area contributed by atoms with Gasteiger partial charge in [-0.15, -0.1) is 0 Å². The molecule has 2 heteroatoms. The van der Waals surface area contributed by atoms with Gasteiger partial charge in [0.25, 0.3) is 0 Å². The van der Waals surface area contributed by atoms with Gasteiger partial charge in [-0.3, -0.25) is 0 Å². The van der Waals surface area contributed by atoms with Gasteiger partial charge in [0.15, 0.2) is 0 Å². The lowest BCUT2D eigenvalue weighted by Gasteiger charge is -2.42. The number of hydrogen-bond donors (Lipinski definition) is 1. The van der Waals surface area contributed by atoms with Crippen molar-refractivity contribution in [1.29, 1.82) is 0 Å². The Morgan fingerprint density at radius 3 is 2.10 bits per heavy atom. The van der Waals surface area contributed by atoms with Crippen LogP contribution in [-0.2, 0) is 5.41 Å². The first-order valence-corrected chi connectivity index (χ1v) is 14.1. The predicted octanol–water partition coefficient (Wildman–Crippen LogP) is 10.9. The molecule has 1 atom stereocenters. The van der Waals surface area contributed by atoms with E-state index < -0.39 is 0 Å². The number of rotatable bonds is 5. The van der Waals surface area contributed by atoms with Crippen molar-refractivity contribution in [2.75, 3.05) is 10.2 Å². The van der Waals surface area contributed by atoms with Crippen LogP contribution >= 0.6 is 0 Å². The second kappa shape index (κ2) is 10.1. The molecule has 1 N–H and O–H groups in total. The number of fused-ring (bicyclic) bond motifs is 1. The fourth-order valence-electron chi connectivity index (χ4n) is 5.22. The van der Waals surface area contributed by atoms with Crippen LogP contribution in [0.5, 0.6) is 0 Å². The molecule has 4 aromatic rings. The van der Waals surface area contributed by atoms with Gasteiger partial charge in [0.1, 0.15) is 0 Å². The SMILES string of the molecule is CC(C)(C)c1ccc(Nc2cccc(N(C3=CCC(C)(C(C)(C)C)C=C3)c3cccc4ccccc34)c2)cc1. The second-order valence-corrected chi connectivity index (χ2v) is 13.2. The van der Waals surface area contributed by atoms with Crippen LogP contribution in [0, 0.1) is 10.8 Å². The van der Waals surface area contributed by atoms with Crippen molar-refractivity contribution in [2.24, 2.45) is 10.8 Å². The molecule has 0 aromatic heterocycles. The summed E-state index contributed by atoms with van der Waals surface area (Å²) in [5, 5.41) is 6.13. The van der Waals surface area contributed by atoms with Crippen LogP contribution in [0.3, 0.4) is 0 Å². The summed E-state index contributed by atoms with van der Waals surface area (Å²) in [5.74, 6) is 0. The van der Waals surface area contributed by atoms with Gasteiger partial charge in [0, 0.05) is 28.1 Å². The van der Waals surface area contributed by atoms with Crippen LogP contribution in [-0.4, -0.2) is 0 Å². The summed E-state index contributed by atoms with van der Waals surface area (Å²) >= 11 is 0.